The number of anilines is 1. The van der Waals surface area contributed by atoms with E-state index in [4.69, 9.17) is 9.47 Å². The van der Waals surface area contributed by atoms with E-state index < -0.39 is 4.92 Å². The first-order chi connectivity index (χ1) is 15.4. The molecule has 0 bridgehead atoms. The zero-order chi connectivity index (χ0) is 22.8. The van der Waals surface area contributed by atoms with Crippen LogP contribution in [0.5, 0.6) is 11.5 Å². The van der Waals surface area contributed by atoms with Gasteiger partial charge in [0.25, 0.3) is 11.6 Å². The summed E-state index contributed by atoms with van der Waals surface area (Å²) >= 11 is 3.58. The molecule has 0 atom stereocenters. The van der Waals surface area contributed by atoms with E-state index >= 15 is 0 Å². The summed E-state index contributed by atoms with van der Waals surface area (Å²) < 4.78 is 11.4. The van der Waals surface area contributed by atoms with Gasteiger partial charge >= 0.3 is 0 Å². The van der Waals surface area contributed by atoms with Crippen molar-refractivity contribution in [2.75, 3.05) is 45.3 Å². The number of nitrogens with zero attached hydrogens (tertiary/aromatic N) is 3. The van der Waals surface area contributed by atoms with Gasteiger partial charge in [-0.1, -0.05) is 24.3 Å². The quantitative estimate of drug-likeness (QED) is 0.379. The van der Waals surface area contributed by atoms with Crippen molar-refractivity contribution < 1.29 is 19.2 Å². The van der Waals surface area contributed by atoms with Crippen LogP contribution in [0.2, 0.25) is 0 Å². The van der Waals surface area contributed by atoms with E-state index in [0.29, 0.717) is 48.9 Å². The standard InChI is InChI=1S/C23H22BrN3O5/c1-31-16-7-8-19(20(14-16)27(29)30)25-9-11-26(12-10-25)23(28)18-13-15-5-3-4-6-17(15)21(24)22(18)32-2/h3-8,13-14H,9-12H2,1-2H3. The third-order valence-electron chi connectivity index (χ3n) is 5.66. The van der Waals surface area contributed by atoms with E-state index in [-0.39, 0.29) is 11.6 Å². The molecule has 4 rings (SSSR count). The van der Waals surface area contributed by atoms with Gasteiger partial charge in [-0.3, -0.25) is 14.9 Å². The average molecular weight is 500 g/mol. The van der Waals surface area contributed by atoms with E-state index in [0.717, 1.165) is 15.2 Å². The number of fused-ring (bicyclic) bond motifs is 1. The molecule has 0 N–H and O–H groups in total. The summed E-state index contributed by atoms with van der Waals surface area (Å²) in [5.74, 6) is 0.808. The first kappa shape index (κ1) is 21.9. The van der Waals surface area contributed by atoms with Gasteiger partial charge in [0.15, 0.2) is 0 Å². The number of hydrogen-bond acceptors (Lipinski definition) is 6. The Morgan fingerprint density at radius 3 is 2.41 bits per heavy atom. The maximum absolute atomic E-state index is 13.4. The second-order valence-corrected chi connectivity index (χ2v) is 8.18. The number of carbonyl (C=O) groups is 1. The highest BCUT2D eigenvalue weighted by Crippen LogP contribution is 2.38. The summed E-state index contributed by atoms with van der Waals surface area (Å²) in [5, 5.41) is 13.5. The van der Waals surface area contributed by atoms with Gasteiger partial charge in [-0.25, -0.2) is 0 Å². The number of ether oxygens (including phenoxy) is 2. The van der Waals surface area contributed by atoms with Crippen LogP contribution in [0.25, 0.3) is 10.8 Å². The fourth-order valence-electron chi connectivity index (χ4n) is 4.01. The van der Waals surface area contributed by atoms with Gasteiger partial charge in [-0.05, 0) is 44.9 Å². The van der Waals surface area contributed by atoms with Crippen LogP contribution in [-0.4, -0.2) is 56.1 Å². The number of methoxy groups -OCH3 is 2. The maximum atomic E-state index is 13.4. The van der Waals surface area contributed by atoms with Crippen LogP contribution in [0.3, 0.4) is 0 Å². The summed E-state index contributed by atoms with van der Waals surface area (Å²) in [5.41, 5.74) is 1.00. The Hall–Kier alpha value is -3.33. The minimum atomic E-state index is -0.410. The average Bonchev–Trinajstić information content (AvgIpc) is 2.83. The fourth-order valence-corrected chi connectivity index (χ4v) is 4.74. The molecule has 3 aromatic rings. The molecule has 166 valence electrons. The van der Waals surface area contributed by atoms with Gasteiger partial charge < -0.3 is 19.3 Å². The summed E-state index contributed by atoms with van der Waals surface area (Å²) in [7, 11) is 3.02. The van der Waals surface area contributed by atoms with Crippen LogP contribution in [0.15, 0.2) is 53.0 Å². The largest absolute Gasteiger partial charge is 0.496 e. The SMILES string of the molecule is COc1ccc(N2CCN(C(=O)c3cc4ccccc4c(Br)c3OC)CC2)c([N+](=O)[O-])c1. The minimum Gasteiger partial charge on any atom is -0.496 e. The Labute approximate surface area is 193 Å². The minimum absolute atomic E-state index is 0.00995. The lowest BCUT2D eigenvalue weighted by Crippen LogP contribution is -2.49. The third-order valence-corrected chi connectivity index (χ3v) is 6.45. The van der Waals surface area contributed by atoms with Crippen LogP contribution in [0, 0.1) is 10.1 Å². The van der Waals surface area contributed by atoms with Crippen LogP contribution in [-0.2, 0) is 0 Å². The Bertz CT molecular complexity index is 1190. The summed E-state index contributed by atoms with van der Waals surface area (Å²) in [6.45, 7) is 1.84. The van der Waals surface area contributed by atoms with E-state index in [9.17, 15) is 14.9 Å². The number of nitro benzene ring substituents is 1. The number of rotatable bonds is 5. The van der Waals surface area contributed by atoms with Crippen molar-refractivity contribution in [2.24, 2.45) is 0 Å². The molecule has 0 saturated carbocycles. The number of amides is 1. The fraction of sp³-hybridized carbons (Fsp3) is 0.261. The Balaban J connectivity index is 1.57. The second-order valence-electron chi connectivity index (χ2n) is 7.38. The molecule has 1 aliphatic heterocycles. The molecule has 0 aliphatic carbocycles. The summed E-state index contributed by atoms with van der Waals surface area (Å²) in [6, 6.07) is 14.5. The lowest BCUT2D eigenvalue weighted by atomic mass is 10.0. The molecule has 1 saturated heterocycles. The van der Waals surface area contributed by atoms with Crippen LogP contribution in [0.4, 0.5) is 11.4 Å². The normalized spacial score (nSPS) is 13.8. The Morgan fingerprint density at radius 2 is 1.75 bits per heavy atom. The molecule has 8 nitrogen and oxygen atoms in total. The molecular formula is C23H22BrN3O5. The zero-order valence-electron chi connectivity index (χ0n) is 17.7. The van der Waals surface area contributed by atoms with E-state index in [2.05, 4.69) is 15.9 Å². The number of benzene rings is 3. The first-order valence-electron chi connectivity index (χ1n) is 10.1. The second kappa shape index (κ2) is 9.04. The Morgan fingerprint density at radius 1 is 1.03 bits per heavy atom. The van der Waals surface area contributed by atoms with Crippen LogP contribution >= 0.6 is 15.9 Å². The Kier molecular flexibility index (Phi) is 6.18. The monoisotopic (exact) mass is 499 g/mol. The molecular weight excluding hydrogens is 478 g/mol. The van der Waals surface area contributed by atoms with Crippen molar-refractivity contribution in [1.82, 2.24) is 4.90 Å². The van der Waals surface area contributed by atoms with Gasteiger partial charge in [0.2, 0.25) is 0 Å². The predicted molar refractivity (Wildman–Crippen MR) is 126 cm³/mol. The molecule has 1 amide bonds. The van der Waals surface area contributed by atoms with Crippen molar-refractivity contribution in [1.29, 1.82) is 0 Å². The molecule has 0 spiro atoms. The molecule has 0 radical (unpaired) electrons. The smallest absolute Gasteiger partial charge is 0.296 e. The van der Waals surface area contributed by atoms with Gasteiger partial charge in [0.1, 0.15) is 17.2 Å². The molecule has 0 aromatic heterocycles. The third kappa shape index (κ3) is 3.95. The highest BCUT2D eigenvalue weighted by Gasteiger charge is 2.29. The highest BCUT2D eigenvalue weighted by molar-refractivity contribution is 9.10. The van der Waals surface area contributed by atoms with Crippen molar-refractivity contribution >= 4 is 44.0 Å². The molecule has 3 aromatic carbocycles. The maximum Gasteiger partial charge on any atom is 0.296 e. The number of hydrogen-bond donors (Lipinski definition) is 0. The molecule has 0 unspecified atom stereocenters. The highest BCUT2D eigenvalue weighted by atomic mass is 79.9. The van der Waals surface area contributed by atoms with Crippen molar-refractivity contribution in [3.8, 4) is 11.5 Å². The predicted octanol–water partition coefficient (Wildman–Crippen LogP) is 4.49. The lowest BCUT2D eigenvalue weighted by Gasteiger charge is -2.36. The van der Waals surface area contributed by atoms with Gasteiger partial charge in [0, 0.05) is 26.2 Å². The zero-order valence-corrected chi connectivity index (χ0v) is 19.3. The lowest BCUT2D eigenvalue weighted by molar-refractivity contribution is -0.384. The van der Waals surface area contributed by atoms with Crippen LogP contribution in [0.1, 0.15) is 10.4 Å². The topological polar surface area (TPSA) is 85.2 Å². The van der Waals surface area contributed by atoms with Crippen molar-refractivity contribution in [2.45, 2.75) is 0 Å². The molecule has 1 heterocycles. The molecule has 1 fully saturated rings. The molecule has 32 heavy (non-hydrogen) atoms. The van der Waals surface area contributed by atoms with Crippen molar-refractivity contribution in [3.05, 3.63) is 68.7 Å². The molecule has 1 aliphatic rings. The summed E-state index contributed by atoms with van der Waals surface area (Å²) in [4.78, 5) is 28.2. The summed E-state index contributed by atoms with van der Waals surface area (Å²) in [6.07, 6.45) is 0. The number of nitro groups is 1. The van der Waals surface area contributed by atoms with E-state index in [1.807, 2.05) is 35.2 Å². The number of carbonyl (C=O) groups excluding carboxylic acids is 1. The van der Waals surface area contributed by atoms with E-state index in [1.54, 1.807) is 24.1 Å². The van der Waals surface area contributed by atoms with E-state index in [1.165, 1.54) is 13.2 Å². The van der Waals surface area contributed by atoms with Gasteiger partial charge in [0.05, 0.1) is 35.2 Å². The van der Waals surface area contributed by atoms with Crippen LogP contribution < -0.4 is 14.4 Å². The number of halogens is 1. The van der Waals surface area contributed by atoms with Gasteiger partial charge in [-0.15, -0.1) is 0 Å². The molecule has 9 heteroatoms. The van der Waals surface area contributed by atoms with Crippen molar-refractivity contribution in [3.63, 3.8) is 0 Å². The first-order valence-corrected chi connectivity index (χ1v) is 10.9. The number of piperazine rings is 1. The van der Waals surface area contributed by atoms with Gasteiger partial charge in [-0.2, -0.15) is 0 Å².